The summed E-state index contributed by atoms with van der Waals surface area (Å²) in [4.78, 5) is 11.2. The zero-order valence-electron chi connectivity index (χ0n) is 10.9. The van der Waals surface area contributed by atoms with Crippen LogP contribution >= 0.6 is 0 Å². The van der Waals surface area contributed by atoms with E-state index in [1.165, 1.54) is 6.92 Å². The van der Waals surface area contributed by atoms with E-state index in [9.17, 15) is 4.79 Å². The van der Waals surface area contributed by atoms with Gasteiger partial charge in [-0.2, -0.15) is 0 Å². The largest absolute Gasteiger partial charge is 0.426 e. The normalized spacial score (nSPS) is 10.3. The molecule has 0 unspecified atom stereocenters. The number of esters is 1. The van der Waals surface area contributed by atoms with Crippen molar-refractivity contribution in [1.29, 1.82) is 0 Å². The lowest BCUT2D eigenvalue weighted by Gasteiger charge is -2.15. The molecule has 0 saturated heterocycles. The fraction of sp³-hybridized carbons (Fsp3) is 0.500. The first-order chi connectivity index (χ1) is 8.10. The van der Waals surface area contributed by atoms with E-state index in [1.807, 2.05) is 12.1 Å². The van der Waals surface area contributed by atoms with Gasteiger partial charge in [-0.05, 0) is 24.5 Å². The summed E-state index contributed by atoms with van der Waals surface area (Å²) >= 11 is 0. The van der Waals surface area contributed by atoms with Crippen LogP contribution in [0.25, 0.3) is 0 Å². The van der Waals surface area contributed by atoms with Gasteiger partial charge in [0.05, 0.1) is 0 Å². The lowest BCUT2D eigenvalue weighted by Crippen LogP contribution is -2.09. The van der Waals surface area contributed by atoms with E-state index in [0.29, 0.717) is 11.4 Å². The first kappa shape index (κ1) is 13.6. The molecule has 94 valence electrons. The number of aryl methyl sites for hydroxylation is 1. The van der Waals surface area contributed by atoms with Gasteiger partial charge in [0.15, 0.2) is 0 Å². The van der Waals surface area contributed by atoms with Crippen molar-refractivity contribution in [2.45, 2.75) is 46.5 Å². The third-order valence-electron chi connectivity index (χ3n) is 2.64. The summed E-state index contributed by atoms with van der Waals surface area (Å²) in [5.41, 5.74) is 8.70. The average Bonchev–Trinajstić information content (AvgIpc) is 2.27. The first-order valence-electron chi connectivity index (χ1n) is 6.18. The molecular weight excluding hydrogens is 214 g/mol. The topological polar surface area (TPSA) is 52.3 Å². The first-order valence-corrected chi connectivity index (χ1v) is 6.18. The van der Waals surface area contributed by atoms with Crippen LogP contribution in [0.2, 0.25) is 0 Å². The molecule has 0 aliphatic heterocycles. The van der Waals surface area contributed by atoms with Gasteiger partial charge in [-0.25, -0.2) is 0 Å². The summed E-state index contributed by atoms with van der Waals surface area (Å²) < 4.78 is 5.34. The molecule has 0 aliphatic carbocycles. The molecule has 0 aromatic heterocycles. The molecule has 1 aromatic carbocycles. The monoisotopic (exact) mass is 235 g/mol. The Hall–Kier alpha value is -1.51. The van der Waals surface area contributed by atoms with Crippen molar-refractivity contribution in [2.75, 3.05) is 5.73 Å². The van der Waals surface area contributed by atoms with Gasteiger partial charge in [-0.3, -0.25) is 4.79 Å². The van der Waals surface area contributed by atoms with Gasteiger partial charge in [-0.15, -0.1) is 0 Å². The molecule has 0 aliphatic rings. The maximum absolute atomic E-state index is 11.2. The Kier molecular flexibility index (Phi) is 5.01. The van der Waals surface area contributed by atoms with Crippen LogP contribution in [0.15, 0.2) is 12.1 Å². The zero-order chi connectivity index (χ0) is 12.8. The van der Waals surface area contributed by atoms with Crippen LogP contribution in [0, 0.1) is 0 Å². The number of rotatable bonds is 5. The number of hydrogen-bond donors (Lipinski definition) is 1. The van der Waals surface area contributed by atoms with E-state index >= 15 is 0 Å². The van der Waals surface area contributed by atoms with Crippen molar-refractivity contribution in [3.63, 3.8) is 0 Å². The third-order valence-corrected chi connectivity index (χ3v) is 2.64. The molecule has 1 aromatic rings. The van der Waals surface area contributed by atoms with Gasteiger partial charge >= 0.3 is 5.97 Å². The Morgan fingerprint density at radius 1 is 1.24 bits per heavy atom. The smallest absolute Gasteiger partial charge is 0.308 e. The number of ether oxygens (including phenoxy) is 1. The van der Waals surface area contributed by atoms with Crippen LogP contribution in [-0.4, -0.2) is 5.97 Å². The Morgan fingerprint density at radius 3 is 2.41 bits per heavy atom. The highest BCUT2D eigenvalue weighted by atomic mass is 16.5. The van der Waals surface area contributed by atoms with Crippen LogP contribution in [0.1, 0.15) is 44.7 Å². The van der Waals surface area contributed by atoms with Gasteiger partial charge in [-0.1, -0.05) is 32.8 Å². The van der Waals surface area contributed by atoms with E-state index in [2.05, 4.69) is 13.8 Å². The number of carbonyl (C=O) groups excluding carboxylic acids is 1. The molecular formula is C14H21NO2. The number of nitrogens with two attached hydrogens (primary N) is 1. The summed E-state index contributed by atoms with van der Waals surface area (Å²) in [6.07, 6.45) is 3.74. The van der Waals surface area contributed by atoms with Crippen LogP contribution in [0.5, 0.6) is 5.75 Å². The SMILES string of the molecule is CCCc1ccc(N)c(CCC)c1OC(C)=O. The molecule has 0 heterocycles. The molecule has 0 spiro atoms. The van der Waals surface area contributed by atoms with Crippen molar-refractivity contribution >= 4 is 11.7 Å². The van der Waals surface area contributed by atoms with Crippen LogP contribution < -0.4 is 10.5 Å². The molecule has 2 N–H and O–H groups in total. The predicted molar refractivity (Wildman–Crippen MR) is 70.2 cm³/mol. The Bertz CT molecular complexity index is 399. The summed E-state index contributed by atoms with van der Waals surface area (Å²) in [5, 5.41) is 0. The lowest BCUT2D eigenvalue weighted by atomic mass is 10.00. The van der Waals surface area contributed by atoms with Crippen molar-refractivity contribution in [1.82, 2.24) is 0 Å². The maximum atomic E-state index is 11.2. The molecule has 0 amide bonds. The number of carbonyl (C=O) groups is 1. The molecule has 17 heavy (non-hydrogen) atoms. The summed E-state index contributed by atoms with van der Waals surface area (Å²) in [6, 6.07) is 3.86. The highest BCUT2D eigenvalue weighted by Crippen LogP contribution is 2.31. The van der Waals surface area contributed by atoms with Gasteiger partial charge in [0.25, 0.3) is 0 Å². The van der Waals surface area contributed by atoms with Gasteiger partial charge in [0.2, 0.25) is 0 Å². The van der Waals surface area contributed by atoms with Crippen molar-refractivity contribution < 1.29 is 9.53 Å². The van der Waals surface area contributed by atoms with Gasteiger partial charge in [0, 0.05) is 18.2 Å². The van der Waals surface area contributed by atoms with Crippen LogP contribution in [0.4, 0.5) is 5.69 Å². The number of benzene rings is 1. The number of nitrogen functional groups attached to an aromatic ring is 1. The van der Waals surface area contributed by atoms with Crippen LogP contribution in [0.3, 0.4) is 0 Å². The molecule has 1 rings (SSSR count). The number of anilines is 1. The second kappa shape index (κ2) is 6.28. The van der Waals surface area contributed by atoms with Crippen molar-refractivity contribution in [2.24, 2.45) is 0 Å². The van der Waals surface area contributed by atoms with E-state index in [4.69, 9.17) is 10.5 Å². The minimum Gasteiger partial charge on any atom is -0.426 e. The molecule has 0 atom stereocenters. The Balaban J connectivity index is 3.22. The predicted octanol–water partition coefficient (Wildman–Crippen LogP) is 3.10. The molecule has 0 bridgehead atoms. The van der Waals surface area contributed by atoms with E-state index < -0.39 is 0 Å². The average molecular weight is 235 g/mol. The quantitative estimate of drug-likeness (QED) is 0.484. The third kappa shape index (κ3) is 3.48. The lowest BCUT2D eigenvalue weighted by molar-refractivity contribution is -0.132. The molecule has 3 nitrogen and oxygen atoms in total. The minimum atomic E-state index is -0.287. The Labute approximate surface area is 103 Å². The second-order valence-corrected chi connectivity index (χ2v) is 4.22. The molecule has 0 radical (unpaired) electrons. The van der Waals surface area contributed by atoms with Crippen molar-refractivity contribution in [3.05, 3.63) is 23.3 Å². The standard InChI is InChI=1S/C14H21NO2/c1-4-6-11-8-9-13(15)12(7-5-2)14(11)17-10(3)16/h8-9H,4-7,15H2,1-3H3. The minimum absolute atomic E-state index is 0.287. The summed E-state index contributed by atoms with van der Waals surface area (Å²) in [6.45, 7) is 5.62. The van der Waals surface area contributed by atoms with Gasteiger partial charge < -0.3 is 10.5 Å². The Morgan fingerprint density at radius 2 is 1.88 bits per heavy atom. The molecule has 0 fully saturated rings. The highest BCUT2D eigenvalue weighted by molar-refractivity contribution is 5.72. The van der Waals surface area contributed by atoms with E-state index in [1.54, 1.807) is 0 Å². The summed E-state index contributed by atoms with van der Waals surface area (Å²) in [5.74, 6) is 0.395. The molecule has 3 heteroatoms. The summed E-state index contributed by atoms with van der Waals surface area (Å²) in [7, 11) is 0. The second-order valence-electron chi connectivity index (χ2n) is 4.22. The highest BCUT2D eigenvalue weighted by Gasteiger charge is 2.14. The fourth-order valence-corrected chi connectivity index (χ4v) is 1.94. The molecule has 0 saturated carbocycles. The van der Waals surface area contributed by atoms with Crippen molar-refractivity contribution in [3.8, 4) is 5.75 Å². The van der Waals surface area contributed by atoms with Crippen LogP contribution in [-0.2, 0) is 17.6 Å². The van der Waals surface area contributed by atoms with E-state index in [0.717, 1.165) is 36.8 Å². The van der Waals surface area contributed by atoms with Gasteiger partial charge in [0.1, 0.15) is 5.75 Å². The number of hydrogen-bond acceptors (Lipinski definition) is 3. The van der Waals surface area contributed by atoms with E-state index in [-0.39, 0.29) is 5.97 Å². The zero-order valence-corrected chi connectivity index (χ0v) is 10.9. The maximum Gasteiger partial charge on any atom is 0.308 e. The fourth-order valence-electron chi connectivity index (χ4n) is 1.94.